The summed E-state index contributed by atoms with van der Waals surface area (Å²) in [4.78, 5) is 12.0. The Bertz CT molecular complexity index is 844. The van der Waals surface area contributed by atoms with Gasteiger partial charge in [0, 0.05) is 17.9 Å². The molecule has 4 heteroatoms. The first-order chi connectivity index (χ1) is 13.2. The summed E-state index contributed by atoms with van der Waals surface area (Å²) in [7, 11) is 0. The summed E-state index contributed by atoms with van der Waals surface area (Å²) in [6.45, 7) is 2.86. The van der Waals surface area contributed by atoms with E-state index in [0.29, 0.717) is 5.75 Å². The van der Waals surface area contributed by atoms with E-state index in [1.165, 1.54) is 5.56 Å². The van der Waals surface area contributed by atoms with Gasteiger partial charge < -0.3 is 15.4 Å². The van der Waals surface area contributed by atoms with Crippen LogP contribution >= 0.6 is 0 Å². The van der Waals surface area contributed by atoms with Crippen molar-refractivity contribution in [1.29, 1.82) is 0 Å². The Kier molecular flexibility index (Phi) is 6.47. The molecular weight excluding hydrogens is 336 g/mol. The summed E-state index contributed by atoms with van der Waals surface area (Å²) < 4.78 is 5.49. The molecule has 0 fully saturated rings. The highest BCUT2D eigenvalue weighted by Gasteiger charge is 2.04. The van der Waals surface area contributed by atoms with Crippen LogP contribution in [0.25, 0.3) is 0 Å². The van der Waals surface area contributed by atoms with Gasteiger partial charge in [-0.3, -0.25) is 4.79 Å². The van der Waals surface area contributed by atoms with Gasteiger partial charge in [-0.2, -0.15) is 0 Å². The Morgan fingerprint density at radius 2 is 1.52 bits per heavy atom. The number of anilines is 2. The SMILES string of the molecule is Cc1ccc(OCC(=O)Nc2ccc(NCCc3ccccc3)cc2)cc1. The summed E-state index contributed by atoms with van der Waals surface area (Å²) in [6, 6.07) is 25.7. The number of ether oxygens (including phenoxy) is 1. The van der Waals surface area contributed by atoms with Gasteiger partial charge in [-0.05, 0) is 55.3 Å². The molecule has 3 rings (SSSR count). The molecule has 0 radical (unpaired) electrons. The van der Waals surface area contributed by atoms with E-state index in [4.69, 9.17) is 4.74 Å². The Balaban J connectivity index is 1.41. The monoisotopic (exact) mass is 360 g/mol. The number of hydrogen-bond acceptors (Lipinski definition) is 3. The van der Waals surface area contributed by atoms with Crippen LogP contribution in [0.4, 0.5) is 11.4 Å². The maximum absolute atomic E-state index is 12.0. The van der Waals surface area contributed by atoms with Crippen molar-refractivity contribution in [2.75, 3.05) is 23.8 Å². The van der Waals surface area contributed by atoms with Gasteiger partial charge in [-0.15, -0.1) is 0 Å². The predicted molar refractivity (Wildman–Crippen MR) is 110 cm³/mol. The average Bonchev–Trinajstić information content (AvgIpc) is 2.70. The van der Waals surface area contributed by atoms with Crippen LogP contribution in [0.2, 0.25) is 0 Å². The van der Waals surface area contributed by atoms with E-state index in [0.717, 1.165) is 29.9 Å². The Hall–Kier alpha value is -3.27. The first-order valence-electron chi connectivity index (χ1n) is 9.06. The fourth-order valence-corrected chi connectivity index (χ4v) is 2.65. The van der Waals surface area contributed by atoms with Crippen LogP contribution in [0, 0.1) is 6.92 Å². The van der Waals surface area contributed by atoms with E-state index in [1.807, 2.05) is 61.5 Å². The van der Waals surface area contributed by atoms with Crippen molar-refractivity contribution in [1.82, 2.24) is 0 Å². The highest BCUT2D eigenvalue weighted by Crippen LogP contribution is 2.15. The fraction of sp³-hybridized carbons (Fsp3) is 0.174. The second-order valence-corrected chi connectivity index (χ2v) is 6.39. The predicted octanol–water partition coefficient (Wildman–Crippen LogP) is 4.67. The maximum atomic E-state index is 12.0. The zero-order valence-electron chi connectivity index (χ0n) is 15.4. The molecule has 0 saturated heterocycles. The molecule has 138 valence electrons. The van der Waals surface area contributed by atoms with Crippen molar-refractivity contribution in [3.8, 4) is 5.75 Å². The van der Waals surface area contributed by atoms with E-state index < -0.39 is 0 Å². The summed E-state index contributed by atoms with van der Waals surface area (Å²) in [6.07, 6.45) is 0.968. The third-order valence-electron chi connectivity index (χ3n) is 4.15. The number of carbonyl (C=O) groups is 1. The average molecular weight is 360 g/mol. The molecule has 0 atom stereocenters. The van der Waals surface area contributed by atoms with Crippen molar-refractivity contribution < 1.29 is 9.53 Å². The minimum absolute atomic E-state index is 0.0138. The van der Waals surface area contributed by atoms with Gasteiger partial charge in [0.1, 0.15) is 5.75 Å². The van der Waals surface area contributed by atoms with Gasteiger partial charge in [0.15, 0.2) is 6.61 Å². The van der Waals surface area contributed by atoms with Crippen molar-refractivity contribution in [3.63, 3.8) is 0 Å². The zero-order valence-corrected chi connectivity index (χ0v) is 15.4. The quantitative estimate of drug-likeness (QED) is 0.614. The van der Waals surface area contributed by atoms with Crippen LogP contribution in [-0.4, -0.2) is 19.1 Å². The zero-order chi connectivity index (χ0) is 18.9. The van der Waals surface area contributed by atoms with Gasteiger partial charge >= 0.3 is 0 Å². The van der Waals surface area contributed by atoms with Crippen molar-refractivity contribution >= 4 is 17.3 Å². The molecule has 0 heterocycles. The largest absolute Gasteiger partial charge is 0.484 e. The smallest absolute Gasteiger partial charge is 0.262 e. The minimum atomic E-state index is -0.180. The van der Waals surface area contributed by atoms with Gasteiger partial charge in [0.05, 0.1) is 0 Å². The van der Waals surface area contributed by atoms with E-state index in [2.05, 4.69) is 34.9 Å². The maximum Gasteiger partial charge on any atom is 0.262 e. The number of benzene rings is 3. The van der Waals surface area contributed by atoms with Crippen LogP contribution < -0.4 is 15.4 Å². The molecule has 0 saturated carbocycles. The lowest BCUT2D eigenvalue weighted by molar-refractivity contribution is -0.118. The van der Waals surface area contributed by atoms with E-state index in [-0.39, 0.29) is 12.5 Å². The first-order valence-corrected chi connectivity index (χ1v) is 9.06. The van der Waals surface area contributed by atoms with Crippen molar-refractivity contribution in [2.24, 2.45) is 0 Å². The van der Waals surface area contributed by atoms with Gasteiger partial charge in [-0.1, -0.05) is 48.0 Å². The number of amides is 1. The summed E-state index contributed by atoms with van der Waals surface area (Å²) >= 11 is 0. The number of rotatable bonds is 8. The molecular formula is C23H24N2O2. The Labute approximate surface area is 160 Å². The molecule has 3 aromatic carbocycles. The summed E-state index contributed by atoms with van der Waals surface area (Å²) in [5, 5.41) is 6.23. The fourth-order valence-electron chi connectivity index (χ4n) is 2.65. The van der Waals surface area contributed by atoms with Crippen LogP contribution in [0.5, 0.6) is 5.75 Å². The molecule has 27 heavy (non-hydrogen) atoms. The molecule has 4 nitrogen and oxygen atoms in total. The molecule has 0 bridgehead atoms. The third kappa shape index (κ3) is 6.19. The molecule has 1 amide bonds. The Morgan fingerprint density at radius 3 is 2.22 bits per heavy atom. The standard InChI is InChI=1S/C23H24N2O2/c1-18-7-13-22(14-8-18)27-17-23(26)25-21-11-9-20(10-12-21)24-16-15-19-5-3-2-4-6-19/h2-14,24H,15-17H2,1H3,(H,25,26). The molecule has 0 aliphatic carbocycles. The number of nitrogens with one attached hydrogen (secondary N) is 2. The highest BCUT2D eigenvalue weighted by molar-refractivity contribution is 5.92. The molecule has 3 aromatic rings. The highest BCUT2D eigenvalue weighted by atomic mass is 16.5. The number of aryl methyl sites for hydroxylation is 1. The molecule has 0 aliphatic rings. The van der Waals surface area contributed by atoms with Crippen molar-refractivity contribution in [3.05, 3.63) is 90.0 Å². The van der Waals surface area contributed by atoms with E-state index >= 15 is 0 Å². The first kappa shape index (κ1) is 18.5. The van der Waals surface area contributed by atoms with Crippen LogP contribution in [0.1, 0.15) is 11.1 Å². The van der Waals surface area contributed by atoms with Gasteiger partial charge in [0.2, 0.25) is 0 Å². The second kappa shape index (κ2) is 9.43. The van der Waals surface area contributed by atoms with Crippen LogP contribution in [0.3, 0.4) is 0 Å². The second-order valence-electron chi connectivity index (χ2n) is 6.39. The normalized spacial score (nSPS) is 10.3. The minimum Gasteiger partial charge on any atom is -0.484 e. The Morgan fingerprint density at radius 1 is 0.852 bits per heavy atom. The van der Waals surface area contributed by atoms with Crippen LogP contribution in [-0.2, 0) is 11.2 Å². The lowest BCUT2D eigenvalue weighted by Crippen LogP contribution is -2.20. The summed E-state index contributed by atoms with van der Waals surface area (Å²) in [5.41, 5.74) is 4.24. The third-order valence-corrected chi connectivity index (χ3v) is 4.15. The molecule has 2 N–H and O–H groups in total. The van der Waals surface area contributed by atoms with Crippen LogP contribution in [0.15, 0.2) is 78.9 Å². The lowest BCUT2D eigenvalue weighted by Gasteiger charge is -2.10. The molecule has 0 aliphatic heterocycles. The molecule has 0 unspecified atom stereocenters. The van der Waals surface area contributed by atoms with Crippen molar-refractivity contribution in [2.45, 2.75) is 13.3 Å². The lowest BCUT2D eigenvalue weighted by atomic mass is 10.1. The number of hydrogen-bond donors (Lipinski definition) is 2. The van der Waals surface area contributed by atoms with E-state index in [1.54, 1.807) is 0 Å². The number of carbonyl (C=O) groups excluding carboxylic acids is 1. The molecule has 0 spiro atoms. The summed E-state index contributed by atoms with van der Waals surface area (Å²) in [5.74, 6) is 0.508. The molecule has 0 aromatic heterocycles. The van der Waals surface area contributed by atoms with E-state index in [9.17, 15) is 4.79 Å². The van der Waals surface area contributed by atoms with Gasteiger partial charge in [0.25, 0.3) is 5.91 Å². The van der Waals surface area contributed by atoms with Gasteiger partial charge in [-0.25, -0.2) is 0 Å². The topological polar surface area (TPSA) is 50.4 Å².